The molecule has 0 N–H and O–H groups in total. The quantitative estimate of drug-likeness (QED) is 0.809. The molecule has 0 saturated carbocycles. The Labute approximate surface area is 120 Å². The van der Waals surface area contributed by atoms with Crippen LogP contribution in [-0.2, 0) is 6.18 Å². The Balaban J connectivity index is 2.34. The van der Waals surface area contributed by atoms with Gasteiger partial charge in [-0.1, -0.05) is 0 Å². The average molecular weight is 324 g/mol. The van der Waals surface area contributed by atoms with Crippen LogP contribution in [0, 0.1) is 5.82 Å². The van der Waals surface area contributed by atoms with Gasteiger partial charge in [-0.3, -0.25) is 0 Å². The van der Waals surface area contributed by atoms with Gasteiger partial charge in [-0.2, -0.15) is 23.1 Å². The number of rotatable bonds is 3. The summed E-state index contributed by atoms with van der Waals surface area (Å²) in [5.74, 6) is -1.73. The van der Waals surface area contributed by atoms with Crippen molar-refractivity contribution in [2.24, 2.45) is 0 Å². The SMILES string of the molecule is COc1nc(Cl)nc(Oc2ccc(F)c(C(F)(F)F)c2)n1. The zero-order valence-corrected chi connectivity index (χ0v) is 11.0. The van der Waals surface area contributed by atoms with E-state index in [0.29, 0.717) is 12.1 Å². The van der Waals surface area contributed by atoms with E-state index in [0.717, 1.165) is 6.07 Å². The normalized spacial score (nSPS) is 11.3. The zero-order chi connectivity index (χ0) is 15.6. The van der Waals surface area contributed by atoms with Crippen LogP contribution in [0.4, 0.5) is 17.6 Å². The largest absolute Gasteiger partial charge is 0.467 e. The Morgan fingerprint density at radius 2 is 1.76 bits per heavy atom. The summed E-state index contributed by atoms with van der Waals surface area (Å²) in [6, 6.07) is 1.54. The van der Waals surface area contributed by atoms with E-state index in [-0.39, 0.29) is 23.1 Å². The van der Waals surface area contributed by atoms with Gasteiger partial charge in [0.2, 0.25) is 5.28 Å². The molecule has 1 aromatic heterocycles. The van der Waals surface area contributed by atoms with Crippen LogP contribution in [0.3, 0.4) is 0 Å². The van der Waals surface area contributed by atoms with Crippen LogP contribution in [0.1, 0.15) is 5.56 Å². The Bertz CT molecular complexity index is 666. The van der Waals surface area contributed by atoms with Crippen LogP contribution in [0.2, 0.25) is 5.28 Å². The van der Waals surface area contributed by atoms with Crippen molar-refractivity contribution >= 4 is 11.6 Å². The lowest BCUT2D eigenvalue weighted by Crippen LogP contribution is -2.08. The van der Waals surface area contributed by atoms with Gasteiger partial charge < -0.3 is 9.47 Å². The maximum absolute atomic E-state index is 13.1. The summed E-state index contributed by atoms with van der Waals surface area (Å²) in [6.07, 6.45) is -4.85. The first-order valence-electron chi connectivity index (χ1n) is 5.30. The summed E-state index contributed by atoms with van der Waals surface area (Å²) >= 11 is 5.56. The lowest BCUT2D eigenvalue weighted by atomic mass is 10.2. The summed E-state index contributed by atoms with van der Waals surface area (Å²) in [7, 11) is 1.26. The van der Waals surface area contributed by atoms with Crippen molar-refractivity contribution in [1.82, 2.24) is 15.0 Å². The van der Waals surface area contributed by atoms with E-state index in [1.807, 2.05) is 0 Å². The third-order valence-corrected chi connectivity index (χ3v) is 2.37. The summed E-state index contributed by atoms with van der Waals surface area (Å²) < 4.78 is 60.5. The Hall–Kier alpha value is -2.16. The van der Waals surface area contributed by atoms with Gasteiger partial charge in [-0.15, -0.1) is 4.98 Å². The van der Waals surface area contributed by atoms with Crippen molar-refractivity contribution in [3.8, 4) is 17.8 Å². The summed E-state index contributed by atoms with van der Waals surface area (Å²) in [6.45, 7) is 0. The van der Waals surface area contributed by atoms with E-state index < -0.39 is 17.6 Å². The van der Waals surface area contributed by atoms with Crippen molar-refractivity contribution in [1.29, 1.82) is 0 Å². The van der Waals surface area contributed by atoms with Crippen LogP contribution >= 0.6 is 11.6 Å². The Morgan fingerprint density at radius 3 is 2.38 bits per heavy atom. The molecule has 0 radical (unpaired) electrons. The van der Waals surface area contributed by atoms with Gasteiger partial charge >= 0.3 is 18.2 Å². The number of benzene rings is 1. The maximum atomic E-state index is 13.1. The third kappa shape index (κ3) is 3.69. The minimum absolute atomic E-state index is 0.178. The fourth-order valence-electron chi connectivity index (χ4n) is 1.34. The fraction of sp³-hybridized carbons (Fsp3) is 0.182. The highest BCUT2D eigenvalue weighted by molar-refractivity contribution is 6.28. The number of alkyl halides is 3. The highest BCUT2D eigenvalue weighted by Crippen LogP contribution is 2.34. The number of aromatic nitrogens is 3. The van der Waals surface area contributed by atoms with Gasteiger partial charge in [0.1, 0.15) is 11.6 Å². The number of halogens is 5. The summed E-state index contributed by atoms with van der Waals surface area (Å²) in [5.41, 5.74) is -1.47. The second-order valence-electron chi connectivity index (χ2n) is 3.62. The molecule has 0 aliphatic heterocycles. The molecule has 112 valence electrons. The van der Waals surface area contributed by atoms with E-state index in [1.165, 1.54) is 7.11 Å². The van der Waals surface area contributed by atoms with Gasteiger partial charge in [0, 0.05) is 0 Å². The van der Waals surface area contributed by atoms with E-state index in [9.17, 15) is 17.6 Å². The number of ether oxygens (including phenoxy) is 2. The predicted molar refractivity (Wildman–Crippen MR) is 62.9 cm³/mol. The van der Waals surface area contributed by atoms with Crippen LogP contribution < -0.4 is 9.47 Å². The molecular weight excluding hydrogens is 318 g/mol. The highest BCUT2D eigenvalue weighted by Gasteiger charge is 2.34. The molecule has 0 atom stereocenters. The molecule has 0 amide bonds. The average Bonchev–Trinajstić information content (AvgIpc) is 2.39. The molecule has 2 aromatic rings. The van der Waals surface area contributed by atoms with Crippen LogP contribution in [0.15, 0.2) is 18.2 Å². The van der Waals surface area contributed by atoms with Crippen molar-refractivity contribution in [3.05, 3.63) is 34.9 Å². The minimum atomic E-state index is -4.85. The van der Waals surface area contributed by atoms with Gasteiger partial charge in [-0.25, -0.2) is 4.39 Å². The third-order valence-electron chi connectivity index (χ3n) is 2.20. The first-order valence-corrected chi connectivity index (χ1v) is 5.67. The molecule has 21 heavy (non-hydrogen) atoms. The molecule has 0 unspecified atom stereocenters. The lowest BCUT2D eigenvalue weighted by molar-refractivity contribution is -0.140. The summed E-state index contributed by atoms with van der Waals surface area (Å²) in [4.78, 5) is 10.8. The van der Waals surface area contributed by atoms with Crippen molar-refractivity contribution in [2.45, 2.75) is 6.18 Å². The van der Waals surface area contributed by atoms with E-state index >= 15 is 0 Å². The molecule has 0 aliphatic carbocycles. The molecule has 5 nitrogen and oxygen atoms in total. The van der Waals surface area contributed by atoms with Crippen molar-refractivity contribution in [2.75, 3.05) is 7.11 Å². The molecule has 2 rings (SSSR count). The van der Waals surface area contributed by atoms with E-state index in [1.54, 1.807) is 0 Å². The van der Waals surface area contributed by atoms with Crippen LogP contribution in [0.25, 0.3) is 0 Å². The Kier molecular flexibility index (Phi) is 4.12. The van der Waals surface area contributed by atoms with Crippen molar-refractivity contribution < 1.29 is 27.0 Å². The van der Waals surface area contributed by atoms with Gasteiger partial charge in [0.15, 0.2) is 0 Å². The molecule has 0 saturated heterocycles. The second kappa shape index (κ2) is 5.68. The zero-order valence-electron chi connectivity index (χ0n) is 10.3. The second-order valence-corrected chi connectivity index (χ2v) is 3.95. The smallest absolute Gasteiger partial charge is 0.419 e. The molecule has 0 fully saturated rings. The number of hydrogen-bond acceptors (Lipinski definition) is 5. The van der Waals surface area contributed by atoms with Gasteiger partial charge in [0.05, 0.1) is 12.7 Å². The molecule has 0 bridgehead atoms. The van der Waals surface area contributed by atoms with Crippen LogP contribution in [-0.4, -0.2) is 22.1 Å². The van der Waals surface area contributed by atoms with Gasteiger partial charge in [-0.05, 0) is 29.8 Å². The van der Waals surface area contributed by atoms with Crippen molar-refractivity contribution in [3.63, 3.8) is 0 Å². The van der Waals surface area contributed by atoms with E-state index in [2.05, 4.69) is 15.0 Å². The highest BCUT2D eigenvalue weighted by atomic mass is 35.5. The Morgan fingerprint density at radius 1 is 1.10 bits per heavy atom. The predicted octanol–water partition coefficient (Wildman–Crippen LogP) is 3.48. The number of nitrogens with zero attached hydrogens (tertiary/aromatic N) is 3. The fourth-order valence-corrected chi connectivity index (χ4v) is 1.49. The number of methoxy groups -OCH3 is 1. The first-order chi connectivity index (χ1) is 9.79. The topological polar surface area (TPSA) is 57.1 Å². The minimum Gasteiger partial charge on any atom is -0.467 e. The monoisotopic (exact) mass is 323 g/mol. The van der Waals surface area contributed by atoms with Crippen LogP contribution in [0.5, 0.6) is 17.8 Å². The molecule has 1 aromatic carbocycles. The lowest BCUT2D eigenvalue weighted by Gasteiger charge is -2.10. The molecule has 10 heteroatoms. The molecule has 0 spiro atoms. The molecule has 0 aliphatic rings. The molecule has 1 heterocycles. The first kappa shape index (κ1) is 15.2. The molecular formula is C11H6ClF4N3O2. The van der Waals surface area contributed by atoms with Gasteiger partial charge in [0.25, 0.3) is 0 Å². The standard InChI is InChI=1S/C11H6ClF4N3O2/c1-20-9-17-8(12)18-10(19-9)21-5-2-3-7(13)6(4-5)11(14,15)16/h2-4H,1H3. The number of hydrogen-bond donors (Lipinski definition) is 0. The maximum Gasteiger partial charge on any atom is 0.419 e. The summed E-state index contributed by atoms with van der Waals surface area (Å²) in [5, 5.41) is -0.269. The van der Waals surface area contributed by atoms with E-state index in [4.69, 9.17) is 21.1 Å².